The molecule has 0 saturated heterocycles. The number of rotatable bonds is 1. The van der Waals surface area contributed by atoms with Crippen molar-refractivity contribution in [3.8, 4) is 0 Å². The van der Waals surface area contributed by atoms with E-state index in [9.17, 15) is 8.42 Å². The summed E-state index contributed by atoms with van der Waals surface area (Å²) in [6.45, 7) is 4.25. The van der Waals surface area contributed by atoms with Crippen molar-refractivity contribution in [1.82, 2.24) is 4.98 Å². The van der Waals surface area contributed by atoms with Crippen molar-refractivity contribution in [3.05, 3.63) is 24.3 Å². The van der Waals surface area contributed by atoms with Crippen molar-refractivity contribution in [2.45, 2.75) is 24.6 Å². The molecule has 0 spiro atoms. The summed E-state index contributed by atoms with van der Waals surface area (Å²) in [6.07, 6.45) is 1.25. The van der Waals surface area contributed by atoms with E-state index in [2.05, 4.69) is 18.8 Å². The Morgan fingerprint density at radius 2 is 1.88 bits per heavy atom. The van der Waals surface area contributed by atoms with Gasteiger partial charge < -0.3 is 0 Å². The number of hydrogen-bond donors (Lipinski definition) is 1. The van der Waals surface area contributed by atoms with Gasteiger partial charge in [0.1, 0.15) is 0 Å². The highest BCUT2D eigenvalue weighted by atomic mass is 32.2. The van der Waals surface area contributed by atoms with Gasteiger partial charge in [-0.15, -0.1) is 11.3 Å². The molecule has 0 atom stereocenters. The van der Waals surface area contributed by atoms with Gasteiger partial charge >= 0.3 is 0 Å². The molecule has 1 heterocycles. The average molecular weight is 258 g/mol. The van der Waals surface area contributed by atoms with E-state index in [0.29, 0.717) is 5.52 Å². The summed E-state index contributed by atoms with van der Waals surface area (Å²) in [6, 6.07) is 7.19. The van der Waals surface area contributed by atoms with E-state index >= 15 is 0 Å². The monoisotopic (exact) mass is 258 g/mol. The van der Waals surface area contributed by atoms with E-state index in [1.54, 1.807) is 12.1 Å². The molecule has 88 valence electrons. The van der Waals surface area contributed by atoms with Gasteiger partial charge in [-0.3, -0.25) is 0 Å². The second-order valence-electron chi connectivity index (χ2n) is 3.20. The van der Waals surface area contributed by atoms with Crippen LogP contribution in [0, 0.1) is 0 Å². The van der Waals surface area contributed by atoms with E-state index in [1.807, 2.05) is 12.1 Å². The smallest absolute Gasteiger partial charge is 0.224 e. The number of thiazole rings is 1. The molecular formula is C10H14N2O2S2. The molecule has 16 heavy (non-hydrogen) atoms. The minimum absolute atomic E-state index is 0.0336. The molecule has 0 radical (unpaired) electrons. The van der Waals surface area contributed by atoms with E-state index in [-0.39, 0.29) is 4.34 Å². The molecule has 1 aromatic carbocycles. The standard InChI is InChI=1S/C7H6N2O2S2.C3H8/c8-13(10,11)7-9-5-3-1-2-4-6(5)12-7;1-3-2/h1-4H,(H2,8,10,11);3H2,1-2H3. The first-order valence-corrected chi connectivity index (χ1v) is 7.23. The molecule has 6 heteroatoms. The fraction of sp³-hybridized carbons (Fsp3) is 0.300. The van der Waals surface area contributed by atoms with Crippen LogP contribution in [-0.4, -0.2) is 13.4 Å². The summed E-state index contributed by atoms with van der Waals surface area (Å²) in [5, 5.41) is 4.94. The Kier molecular flexibility index (Phi) is 4.40. The SMILES string of the molecule is CCC.NS(=O)(=O)c1nc2ccccc2s1. The third-order valence-electron chi connectivity index (χ3n) is 1.52. The number of primary sulfonamides is 1. The minimum Gasteiger partial charge on any atom is -0.224 e. The zero-order chi connectivity index (χ0) is 12.2. The number of para-hydroxylation sites is 1. The molecule has 4 nitrogen and oxygen atoms in total. The number of sulfonamides is 1. The van der Waals surface area contributed by atoms with Crippen LogP contribution in [0.3, 0.4) is 0 Å². The van der Waals surface area contributed by atoms with Crippen LogP contribution in [0.4, 0.5) is 0 Å². The first kappa shape index (κ1) is 13.1. The summed E-state index contributed by atoms with van der Waals surface area (Å²) in [4.78, 5) is 3.89. The average Bonchev–Trinajstić information content (AvgIpc) is 2.61. The predicted molar refractivity (Wildman–Crippen MR) is 67.0 cm³/mol. The van der Waals surface area contributed by atoms with Gasteiger partial charge in [0.2, 0.25) is 4.34 Å². The fourth-order valence-corrected chi connectivity index (χ4v) is 2.63. The van der Waals surface area contributed by atoms with Crippen LogP contribution in [0.2, 0.25) is 0 Å². The Morgan fingerprint density at radius 3 is 2.38 bits per heavy atom. The third-order valence-corrected chi connectivity index (χ3v) is 3.87. The molecular weight excluding hydrogens is 244 g/mol. The third kappa shape index (κ3) is 3.26. The fourth-order valence-electron chi connectivity index (χ4n) is 0.973. The molecule has 1 aromatic heterocycles. The molecule has 0 amide bonds. The topological polar surface area (TPSA) is 73.1 Å². The number of nitrogens with zero attached hydrogens (tertiary/aromatic N) is 1. The lowest BCUT2D eigenvalue weighted by Gasteiger charge is -1.85. The number of aromatic nitrogens is 1. The van der Waals surface area contributed by atoms with Crippen LogP contribution in [0.25, 0.3) is 10.2 Å². The lowest BCUT2D eigenvalue weighted by Crippen LogP contribution is -2.11. The Balaban J connectivity index is 0.000000386. The number of benzene rings is 1. The Morgan fingerprint density at radius 1 is 1.31 bits per heavy atom. The number of fused-ring (bicyclic) bond motifs is 1. The summed E-state index contributed by atoms with van der Waals surface area (Å²) in [5.74, 6) is 0. The molecule has 0 aliphatic heterocycles. The van der Waals surface area contributed by atoms with Crippen LogP contribution < -0.4 is 5.14 Å². The normalized spacial score (nSPS) is 10.9. The van der Waals surface area contributed by atoms with Gasteiger partial charge in [0, 0.05) is 0 Å². The zero-order valence-electron chi connectivity index (χ0n) is 9.17. The highest BCUT2D eigenvalue weighted by Crippen LogP contribution is 2.23. The van der Waals surface area contributed by atoms with Gasteiger partial charge in [0.25, 0.3) is 10.0 Å². The van der Waals surface area contributed by atoms with Crippen molar-refractivity contribution < 1.29 is 8.42 Å². The summed E-state index contributed by atoms with van der Waals surface area (Å²) in [7, 11) is -3.66. The molecule has 2 N–H and O–H groups in total. The van der Waals surface area contributed by atoms with Gasteiger partial charge in [-0.05, 0) is 12.1 Å². The van der Waals surface area contributed by atoms with Crippen LogP contribution in [0.5, 0.6) is 0 Å². The maximum atomic E-state index is 10.9. The molecule has 2 rings (SSSR count). The van der Waals surface area contributed by atoms with E-state index in [4.69, 9.17) is 5.14 Å². The highest BCUT2D eigenvalue weighted by molar-refractivity contribution is 7.91. The van der Waals surface area contributed by atoms with E-state index in [0.717, 1.165) is 16.0 Å². The maximum absolute atomic E-state index is 10.9. The Labute approximate surface area is 99.2 Å². The number of hydrogen-bond acceptors (Lipinski definition) is 4. The van der Waals surface area contributed by atoms with Crippen molar-refractivity contribution in [2.24, 2.45) is 5.14 Å². The van der Waals surface area contributed by atoms with E-state index in [1.165, 1.54) is 6.42 Å². The van der Waals surface area contributed by atoms with Gasteiger partial charge in [0.05, 0.1) is 10.2 Å². The first-order chi connectivity index (χ1) is 7.49. The van der Waals surface area contributed by atoms with Crippen LogP contribution in [0.1, 0.15) is 20.3 Å². The van der Waals surface area contributed by atoms with Crippen LogP contribution in [-0.2, 0) is 10.0 Å². The quantitative estimate of drug-likeness (QED) is 0.853. The minimum atomic E-state index is -3.66. The van der Waals surface area contributed by atoms with E-state index < -0.39 is 10.0 Å². The second kappa shape index (κ2) is 5.38. The summed E-state index contributed by atoms with van der Waals surface area (Å²) in [5.41, 5.74) is 0.663. The van der Waals surface area contributed by atoms with Crippen LogP contribution >= 0.6 is 11.3 Å². The molecule has 0 aliphatic rings. The summed E-state index contributed by atoms with van der Waals surface area (Å²) < 4.78 is 22.6. The molecule has 0 unspecified atom stereocenters. The van der Waals surface area contributed by atoms with Crippen molar-refractivity contribution >= 4 is 31.6 Å². The molecule has 0 bridgehead atoms. The Hall–Kier alpha value is -0.980. The highest BCUT2D eigenvalue weighted by Gasteiger charge is 2.13. The van der Waals surface area contributed by atoms with Crippen molar-refractivity contribution in [3.63, 3.8) is 0 Å². The predicted octanol–water partition coefficient (Wildman–Crippen LogP) is 2.36. The van der Waals surface area contributed by atoms with Gasteiger partial charge in [-0.2, -0.15) is 0 Å². The van der Waals surface area contributed by atoms with Crippen LogP contribution in [0.15, 0.2) is 28.6 Å². The summed E-state index contributed by atoms with van der Waals surface area (Å²) >= 11 is 1.08. The molecule has 0 saturated carbocycles. The lowest BCUT2D eigenvalue weighted by atomic mass is 10.3. The first-order valence-electron chi connectivity index (χ1n) is 4.87. The Bertz CT molecular complexity index is 528. The van der Waals surface area contributed by atoms with Gasteiger partial charge in [-0.1, -0.05) is 32.4 Å². The maximum Gasteiger partial charge on any atom is 0.265 e. The zero-order valence-corrected chi connectivity index (χ0v) is 10.8. The number of nitrogens with two attached hydrogens (primary N) is 1. The largest absolute Gasteiger partial charge is 0.265 e. The molecule has 2 aromatic rings. The second-order valence-corrected chi connectivity index (χ2v) is 5.97. The van der Waals surface area contributed by atoms with Gasteiger partial charge in [0.15, 0.2) is 0 Å². The van der Waals surface area contributed by atoms with Gasteiger partial charge in [-0.25, -0.2) is 18.5 Å². The molecule has 0 aliphatic carbocycles. The molecule has 0 fully saturated rings. The lowest BCUT2D eigenvalue weighted by molar-refractivity contribution is 0.597. The van der Waals surface area contributed by atoms with Crippen molar-refractivity contribution in [1.29, 1.82) is 0 Å². The van der Waals surface area contributed by atoms with Crippen molar-refractivity contribution in [2.75, 3.05) is 0 Å².